The number of aliphatic hydroxyl groups excluding tert-OH is 1. The van der Waals surface area contributed by atoms with Crippen molar-refractivity contribution < 1.29 is 24.2 Å². The molecule has 5 nitrogen and oxygen atoms in total. The summed E-state index contributed by atoms with van der Waals surface area (Å²) in [5.41, 5.74) is 0. The van der Waals surface area contributed by atoms with Crippen LogP contribution in [0.3, 0.4) is 0 Å². The van der Waals surface area contributed by atoms with Gasteiger partial charge < -0.3 is 14.6 Å². The molecule has 0 heterocycles. The molecule has 0 spiro atoms. The molecule has 1 atom stereocenters. The first-order chi connectivity index (χ1) is 44.6. The van der Waals surface area contributed by atoms with Crippen molar-refractivity contribution in [1.29, 1.82) is 0 Å². The van der Waals surface area contributed by atoms with Crippen LogP contribution in [0, 0.1) is 0 Å². The molecule has 0 aromatic heterocycles. The van der Waals surface area contributed by atoms with E-state index in [0.717, 1.165) is 89.9 Å². The Hall–Kier alpha value is -3.44. The number of aliphatic hydroxyl groups is 1. The van der Waals surface area contributed by atoms with E-state index in [-0.39, 0.29) is 25.2 Å². The summed E-state index contributed by atoms with van der Waals surface area (Å²) in [7, 11) is 0. The highest BCUT2D eigenvalue weighted by Crippen LogP contribution is 2.19. The van der Waals surface area contributed by atoms with Gasteiger partial charge in [-0.15, -0.1) is 0 Å². The van der Waals surface area contributed by atoms with Crippen LogP contribution in [-0.2, 0) is 19.1 Å². The predicted octanol–water partition coefficient (Wildman–Crippen LogP) is 27.9. The fourth-order valence-corrected chi connectivity index (χ4v) is 11.7. The number of unbranched alkanes of at least 4 members (excludes halogenated alkanes) is 47. The second-order valence-corrected chi connectivity index (χ2v) is 26.4. The lowest BCUT2D eigenvalue weighted by Gasteiger charge is -2.15. The number of hydrogen-bond donors (Lipinski definition) is 1. The van der Waals surface area contributed by atoms with E-state index in [1.54, 1.807) is 0 Å². The molecule has 5 heteroatoms. The number of carbonyl (C=O) groups excluding carboxylic acids is 2. The zero-order valence-electron chi connectivity index (χ0n) is 59.9. The van der Waals surface area contributed by atoms with E-state index in [1.807, 2.05) is 0 Å². The summed E-state index contributed by atoms with van der Waals surface area (Å²) >= 11 is 0. The van der Waals surface area contributed by atoms with Gasteiger partial charge in [-0.05, 0) is 103 Å². The van der Waals surface area contributed by atoms with Gasteiger partial charge in [0.15, 0.2) is 6.10 Å². The molecule has 0 amide bonds. The number of hydrogen-bond acceptors (Lipinski definition) is 5. The highest BCUT2D eigenvalue weighted by atomic mass is 16.6. The van der Waals surface area contributed by atoms with Crippen LogP contribution in [0.1, 0.15) is 399 Å². The maximum Gasteiger partial charge on any atom is 0.306 e. The van der Waals surface area contributed by atoms with Gasteiger partial charge in [-0.3, -0.25) is 9.59 Å². The summed E-state index contributed by atoms with van der Waals surface area (Å²) in [6.07, 6.45) is 116. The zero-order valence-corrected chi connectivity index (χ0v) is 59.9. The van der Waals surface area contributed by atoms with E-state index < -0.39 is 6.10 Å². The lowest BCUT2D eigenvalue weighted by molar-refractivity contribution is -0.161. The molecule has 0 bridgehead atoms. The standard InChI is InChI=1S/C85H150O5/c1-3-5-7-9-11-13-15-17-19-21-23-25-27-29-31-33-35-37-39-40-41-42-43-44-46-48-50-52-54-56-58-60-62-64-66-68-70-72-74-76-78-80-85(88)90-83(81-86)82-89-84(87)79-77-75-73-71-69-67-65-63-61-59-57-55-53-51-49-47-45-38-36-34-32-30-28-26-24-22-20-18-16-14-12-10-8-6-4-2/h5,7,11,13,17,19,22-25,29,31,35,37,40-41,43-44,83,86H,3-4,6,8-10,12,14-16,18,20-21,26-28,30,32-34,36,38-39,42,45-82H2,1-2H3/b7-5-,13-11-,19-17-,24-22-,25-23-,31-29-,37-35-,41-40-,44-43-. The average Bonchev–Trinajstić information content (AvgIpc) is 3.60. The summed E-state index contributed by atoms with van der Waals surface area (Å²) in [5.74, 6) is -0.573. The van der Waals surface area contributed by atoms with Crippen LogP contribution >= 0.6 is 0 Å². The maximum absolute atomic E-state index is 12.4. The molecule has 0 fully saturated rings. The molecule has 0 saturated carbocycles. The summed E-state index contributed by atoms with van der Waals surface area (Å²) in [4.78, 5) is 24.7. The Morgan fingerprint density at radius 1 is 0.267 bits per heavy atom. The maximum atomic E-state index is 12.4. The third-order valence-electron chi connectivity index (χ3n) is 17.6. The van der Waals surface area contributed by atoms with Crippen LogP contribution in [-0.4, -0.2) is 36.4 Å². The Balaban J connectivity index is 3.43. The number of rotatable bonds is 73. The molecule has 0 aromatic carbocycles. The fraction of sp³-hybridized carbons (Fsp3) is 0.765. The second kappa shape index (κ2) is 79.8. The SMILES string of the molecule is CC/C=C\C/C=C\C/C=C\C/C=C\C/C=C\C/C=C\C/C=C\C/C=C\CCCCCCCCCCCCCCCCCCC(=O)OC(CO)COC(=O)CCCCCCCCCCCCCCCCCCCCCCCCC/C=C\CCCCCCCCCC. The Morgan fingerprint density at radius 2 is 0.478 bits per heavy atom. The second-order valence-electron chi connectivity index (χ2n) is 26.4. The summed E-state index contributed by atoms with van der Waals surface area (Å²) < 4.78 is 10.8. The van der Waals surface area contributed by atoms with E-state index >= 15 is 0 Å². The van der Waals surface area contributed by atoms with Gasteiger partial charge >= 0.3 is 11.9 Å². The Bertz CT molecular complexity index is 1710. The van der Waals surface area contributed by atoms with Gasteiger partial charge in [0.05, 0.1) is 6.61 Å². The van der Waals surface area contributed by atoms with Crippen molar-refractivity contribution in [3.05, 3.63) is 109 Å². The van der Waals surface area contributed by atoms with Crippen molar-refractivity contribution in [3.63, 3.8) is 0 Å². The Morgan fingerprint density at radius 3 is 0.733 bits per heavy atom. The van der Waals surface area contributed by atoms with Gasteiger partial charge in [0.1, 0.15) is 6.61 Å². The molecule has 0 aliphatic carbocycles. The molecule has 90 heavy (non-hydrogen) atoms. The Labute approximate surface area is 561 Å². The smallest absolute Gasteiger partial charge is 0.306 e. The van der Waals surface area contributed by atoms with Crippen molar-refractivity contribution in [2.75, 3.05) is 13.2 Å². The van der Waals surface area contributed by atoms with E-state index in [4.69, 9.17) is 9.47 Å². The van der Waals surface area contributed by atoms with Gasteiger partial charge in [0, 0.05) is 12.8 Å². The monoisotopic (exact) mass is 1250 g/mol. The first-order valence-corrected chi connectivity index (χ1v) is 39.4. The van der Waals surface area contributed by atoms with Crippen LogP contribution in [0.5, 0.6) is 0 Å². The zero-order chi connectivity index (χ0) is 64.7. The van der Waals surface area contributed by atoms with E-state index in [0.29, 0.717) is 12.8 Å². The van der Waals surface area contributed by atoms with Crippen molar-refractivity contribution in [3.8, 4) is 0 Å². The van der Waals surface area contributed by atoms with Gasteiger partial charge in [0.25, 0.3) is 0 Å². The highest BCUT2D eigenvalue weighted by Gasteiger charge is 2.16. The molecule has 1 unspecified atom stereocenters. The molecule has 0 saturated heterocycles. The number of ether oxygens (including phenoxy) is 2. The largest absolute Gasteiger partial charge is 0.462 e. The highest BCUT2D eigenvalue weighted by molar-refractivity contribution is 5.70. The summed E-state index contributed by atoms with van der Waals surface area (Å²) in [6.45, 7) is 4.07. The molecular formula is C85H150O5. The van der Waals surface area contributed by atoms with Crippen LogP contribution in [0.4, 0.5) is 0 Å². The first-order valence-electron chi connectivity index (χ1n) is 39.4. The van der Waals surface area contributed by atoms with E-state index in [1.165, 1.54) is 283 Å². The lowest BCUT2D eigenvalue weighted by Crippen LogP contribution is -2.28. The van der Waals surface area contributed by atoms with Gasteiger partial charge in [-0.1, -0.05) is 393 Å². The predicted molar refractivity (Wildman–Crippen MR) is 399 cm³/mol. The molecule has 0 aliphatic heterocycles. The van der Waals surface area contributed by atoms with Gasteiger partial charge in [-0.25, -0.2) is 0 Å². The third-order valence-corrected chi connectivity index (χ3v) is 17.6. The molecule has 520 valence electrons. The molecule has 1 N–H and O–H groups in total. The van der Waals surface area contributed by atoms with Gasteiger partial charge in [-0.2, -0.15) is 0 Å². The quantitative estimate of drug-likeness (QED) is 0.0373. The van der Waals surface area contributed by atoms with Crippen LogP contribution in [0.15, 0.2) is 109 Å². The molecule has 0 aliphatic rings. The summed E-state index contributed by atoms with van der Waals surface area (Å²) in [6, 6.07) is 0. The van der Waals surface area contributed by atoms with Crippen molar-refractivity contribution in [2.45, 2.75) is 405 Å². The van der Waals surface area contributed by atoms with Crippen molar-refractivity contribution >= 4 is 11.9 Å². The van der Waals surface area contributed by atoms with E-state index in [2.05, 4.69) is 123 Å². The number of carbonyl (C=O) groups is 2. The van der Waals surface area contributed by atoms with Crippen LogP contribution < -0.4 is 0 Å². The molecular weight excluding hydrogens is 1100 g/mol. The number of esters is 2. The van der Waals surface area contributed by atoms with Crippen molar-refractivity contribution in [2.24, 2.45) is 0 Å². The summed E-state index contributed by atoms with van der Waals surface area (Å²) in [5, 5.41) is 9.73. The Kier molecular flexibility index (Phi) is 76.7. The minimum absolute atomic E-state index is 0.0641. The van der Waals surface area contributed by atoms with Crippen molar-refractivity contribution in [1.82, 2.24) is 0 Å². The minimum Gasteiger partial charge on any atom is -0.462 e. The van der Waals surface area contributed by atoms with E-state index in [9.17, 15) is 14.7 Å². The number of allylic oxidation sites excluding steroid dienone is 18. The van der Waals surface area contributed by atoms with Crippen LogP contribution in [0.25, 0.3) is 0 Å². The molecule has 0 aromatic rings. The lowest BCUT2D eigenvalue weighted by atomic mass is 10.0. The minimum atomic E-state index is -0.776. The normalized spacial score (nSPS) is 12.8. The first kappa shape index (κ1) is 86.6. The average molecular weight is 1250 g/mol. The van der Waals surface area contributed by atoms with Gasteiger partial charge in [0.2, 0.25) is 0 Å². The van der Waals surface area contributed by atoms with Crippen LogP contribution in [0.2, 0.25) is 0 Å². The topological polar surface area (TPSA) is 72.8 Å². The molecule has 0 rings (SSSR count). The molecule has 0 radical (unpaired) electrons. The third kappa shape index (κ3) is 77.0. The fourth-order valence-electron chi connectivity index (χ4n) is 11.7.